The van der Waals surface area contributed by atoms with Gasteiger partial charge in [-0.2, -0.15) is 13.2 Å². The van der Waals surface area contributed by atoms with Crippen LogP contribution in [0.25, 0.3) is 39.1 Å². The van der Waals surface area contributed by atoms with E-state index in [1.807, 2.05) is 46.9 Å². The van der Waals surface area contributed by atoms with Crippen molar-refractivity contribution < 1.29 is 17.9 Å². The Balaban J connectivity index is 1.82. The number of imidazole rings is 1. The third-order valence-electron chi connectivity index (χ3n) is 5.20. The fourth-order valence-corrected chi connectivity index (χ4v) is 3.68. The Hall–Kier alpha value is -3.87. The molecule has 7 heteroatoms. The summed E-state index contributed by atoms with van der Waals surface area (Å²) < 4.78 is 46.4. The zero-order valence-corrected chi connectivity index (χ0v) is 16.4. The van der Waals surface area contributed by atoms with Gasteiger partial charge in [0.1, 0.15) is 12.1 Å². The van der Waals surface area contributed by atoms with Crippen LogP contribution in [-0.4, -0.2) is 21.5 Å². The average molecular weight is 419 g/mol. The lowest BCUT2D eigenvalue weighted by atomic mass is 10.0. The number of methoxy groups -OCH3 is 1. The molecule has 5 aromatic rings. The summed E-state index contributed by atoms with van der Waals surface area (Å²) in [4.78, 5) is 9.42. The average Bonchev–Trinajstić information content (AvgIpc) is 3.23. The second-order valence-corrected chi connectivity index (χ2v) is 7.07. The Labute approximate surface area is 175 Å². The van der Waals surface area contributed by atoms with Crippen LogP contribution in [0.1, 0.15) is 5.56 Å². The first kappa shape index (κ1) is 19.1. The number of rotatable bonds is 3. The van der Waals surface area contributed by atoms with Gasteiger partial charge in [0.25, 0.3) is 0 Å². The number of alkyl halides is 3. The van der Waals surface area contributed by atoms with Crippen LogP contribution in [0.15, 0.2) is 79.1 Å². The molecule has 0 aliphatic heterocycles. The van der Waals surface area contributed by atoms with Crippen molar-refractivity contribution in [2.24, 2.45) is 0 Å². The van der Waals surface area contributed by atoms with Crippen LogP contribution in [0.3, 0.4) is 0 Å². The summed E-state index contributed by atoms with van der Waals surface area (Å²) in [7, 11) is 1.57. The molecule has 0 amide bonds. The van der Waals surface area contributed by atoms with Crippen molar-refractivity contribution in [3.63, 3.8) is 0 Å². The smallest absolute Gasteiger partial charge is 0.416 e. The fourth-order valence-electron chi connectivity index (χ4n) is 3.68. The lowest BCUT2D eigenvalue weighted by Crippen LogP contribution is -2.04. The van der Waals surface area contributed by atoms with E-state index in [-0.39, 0.29) is 0 Å². The molecule has 0 N–H and O–H groups in total. The van der Waals surface area contributed by atoms with Crippen molar-refractivity contribution in [3.05, 3.63) is 84.7 Å². The molecule has 0 spiro atoms. The zero-order chi connectivity index (χ0) is 21.6. The van der Waals surface area contributed by atoms with Crippen LogP contribution in [-0.2, 0) is 6.18 Å². The van der Waals surface area contributed by atoms with E-state index in [4.69, 9.17) is 9.72 Å². The van der Waals surface area contributed by atoms with Gasteiger partial charge in [-0.25, -0.2) is 9.97 Å². The first-order valence-electron chi connectivity index (χ1n) is 9.53. The Morgan fingerprint density at radius 2 is 1.55 bits per heavy atom. The van der Waals surface area contributed by atoms with Crippen molar-refractivity contribution >= 4 is 16.6 Å². The summed E-state index contributed by atoms with van der Waals surface area (Å²) in [5, 5.41) is 0. The predicted molar refractivity (Wildman–Crippen MR) is 113 cm³/mol. The molecule has 0 fully saturated rings. The number of hydrogen-bond acceptors (Lipinski definition) is 3. The number of ether oxygens (including phenoxy) is 1. The van der Waals surface area contributed by atoms with E-state index in [1.165, 1.54) is 12.1 Å². The van der Waals surface area contributed by atoms with Gasteiger partial charge >= 0.3 is 6.18 Å². The van der Waals surface area contributed by atoms with Crippen molar-refractivity contribution in [3.8, 4) is 28.3 Å². The third kappa shape index (κ3) is 3.28. The van der Waals surface area contributed by atoms with Gasteiger partial charge in [-0.15, -0.1) is 0 Å². The molecule has 5 rings (SSSR count). The van der Waals surface area contributed by atoms with Crippen LogP contribution in [0.4, 0.5) is 13.2 Å². The molecule has 2 aromatic heterocycles. The van der Waals surface area contributed by atoms with Gasteiger partial charge in [-0.3, -0.25) is 4.40 Å². The molecule has 154 valence electrons. The van der Waals surface area contributed by atoms with Gasteiger partial charge in [0.05, 0.1) is 40.6 Å². The van der Waals surface area contributed by atoms with Gasteiger partial charge in [-0.05, 0) is 24.3 Å². The highest BCUT2D eigenvalue weighted by Gasteiger charge is 2.30. The molecule has 2 heterocycles. The van der Waals surface area contributed by atoms with E-state index in [0.717, 1.165) is 28.7 Å². The largest absolute Gasteiger partial charge is 0.497 e. The highest BCUT2D eigenvalue weighted by molar-refractivity contribution is 5.95. The summed E-state index contributed by atoms with van der Waals surface area (Å²) in [6.45, 7) is 0. The summed E-state index contributed by atoms with van der Waals surface area (Å²) in [6.07, 6.45) is -2.69. The highest BCUT2D eigenvalue weighted by atomic mass is 19.4. The lowest BCUT2D eigenvalue weighted by Gasteiger charge is -2.12. The number of halogens is 3. The Morgan fingerprint density at radius 1 is 0.839 bits per heavy atom. The Morgan fingerprint density at radius 3 is 2.23 bits per heavy atom. The molecule has 0 atom stereocenters. The number of nitrogens with zero attached hydrogens (tertiary/aromatic N) is 3. The fraction of sp³-hybridized carbons (Fsp3) is 0.0833. The predicted octanol–water partition coefficient (Wildman–Crippen LogP) is 6.24. The zero-order valence-electron chi connectivity index (χ0n) is 16.4. The monoisotopic (exact) mass is 419 g/mol. The topological polar surface area (TPSA) is 39.4 Å². The second-order valence-electron chi connectivity index (χ2n) is 7.07. The van der Waals surface area contributed by atoms with Crippen molar-refractivity contribution in [1.29, 1.82) is 0 Å². The number of aromatic nitrogens is 3. The summed E-state index contributed by atoms with van der Waals surface area (Å²) >= 11 is 0. The molecule has 31 heavy (non-hydrogen) atoms. The molecular weight excluding hydrogens is 403 g/mol. The molecular formula is C24H16F3N3O. The first-order chi connectivity index (χ1) is 15.0. The van der Waals surface area contributed by atoms with Gasteiger partial charge in [0, 0.05) is 17.2 Å². The van der Waals surface area contributed by atoms with Gasteiger partial charge in [0.15, 0.2) is 0 Å². The standard InChI is InChI=1S/C24H16F3N3O/c1-31-18-11-12-20-19(13-18)29-22(16-7-9-17(10-8-16)24(25,26)27)23-21(28-14-30(20)23)15-5-3-2-4-6-15/h2-14H,1H3. The molecule has 0 unspecified atom stereocenters. The van der Waals surface area contributed by atoms with E-state index < -0.39 is 11.7 Å². The van der Waals surface area contributed by atoms with Crippen molar-refractivity contribution in [1.82, 2.24) is 14.4 Å². The molecule has 0 saturated heterocycles. The minimum absolute atomic E-state index is 0.547. The van der Waals surface area contributed by atoms with Crippen LogP contribution in [0, 0.1) is 0 Å². The lowest BCUT2D eigenvalue weighted by molar-refractivity contribution is -0.137. The molecule has 3 aromatic carbocycles. The molecule has 0 aliphatic carbocycles. The highest BCUT2D eigenvalue weighted by Crippen LogP contribution is 2.36. The SMILES string of the molecule is COc1ccc2c(c1)nc(-c1ccc(C(F)(F)F)cc1)c1c(-c3ccccc3)ncn12. The normalized spacial score (nSPS) is 11.9. The van der Waals surface area contributed by atoms with Crippen LogP contribution in [0.5, 0.6) is 5.75 Å². The maximum absolute atomic E-state index is 13.1. The van der Waals surface area contributed by atoms with E-state index in [0.29, 0.717) is 28.2 Å². The van der Waals surface area contributed by atoms with Crippen LogP contribution >= 0.6 is 0 Å². The van der Waals surface area contributed by atoms with Gasteiger partial charge in [0.2, 0.25) is 0 Å². The summed E-state index contributed by atoms with van der Waals surface area (Å²) in [5.41, 5.74) is 4.22. The summed E-state index contributed by atoms with van der Waals surface area (Å²) in [6, 6.07) is 20.2. The quantitative estimate of drug-likeness (QED) is 0.347. The van der Waals surface area contributed by atoms with E-state index >= 15 is 0 Å². The van der Waals surface area contributed by atoms with Crippen LogP contribution < -0.4 is 4.74 Å². The third-order valence-corrected chi connectivity index (χ3v) is 5.20. The van der Waals surface area contributed by atoms with E-state index in [9.17, 15) is 13.2 Å². The molecule has 0 bridgehead atoms. The van der Waals surface area contributed by atoms with E-state index in [1.54, 1.807) is 19.5 Å². The minimum atomic E-state index is -4.40. The van der Waals surface area contributed by atoms with Crippen molar-refractivity contribution in [2.45, 2.75) is 6.18 Å². The summed E-state index contributed by atoms with van der Waals surface area (Å²) in [5.74, 6) is 0.640. The van der Waals surface area contributed by atoms with Gasteiger partial charge in [-0.1, -0.05) is 42.5 Å². The molecule has 4 nitrogen and oxygen atoms in total. The first-order valence-corrected chi connectivity index (χ1v) is 9.53. The molecule has 0 radical (unpaired) electrons. The van der Waals surface area contributed by atoms with E-state index in [2.05, 4.69) is 4.98 Å². The second kappa shape index (κ2) is 7.12. The maximum Gasteiger partial charge on any atom is 0.416 e. The molecule has 0 saturated carbocycles. The Bertz CT molecular complexity index is 1390. The van der Waals surface area contributed by atoms with Crippen molar-refractivity contribution in [2.75, 3.05) is 7.11 Å². The molecule has 0 aliphatic rings. The number of benzene rings is 3. The van der Waals surface area contributed by atoms with Gasteiger partial charge < -0.3 is 4.74 Å². The Kier molecular flexibility index (Phi) is 4.39. The maximum atomic E-state index is 13.1. The number of fused-ring (bicyclic) bond motifs is 3. The number of hydrogen-bond donors (Lipinski definition) is 0. The van der Waals surface area contributed by atoms with Crippen LogP contribution in [0.2, 0.25) is 0 Å². The minimum Gasteiger partial charge on any atom is -0.497 e.